The number of hydrogen-bond donors (Lipinski definition) is 1. The van der Waals surface area contributed by atoms with Crippen molar-refractivity contribution in [1.82, 2.24) is 19.4 Å². The van der Waals surface area contributed by atoms with Gasteiger partial charge in [-0.05, 0) is 43.2 Å². The second-order valence-corrected chi connectivity index (χ2v) is 10.7. The predicted molar refractivity (Wildman–Crippen MR) is 135 cm³/mol. The maximum atomic E-state index is 12.8. The molecule has 0 bridgehead atoms. The average molecular weight is 506 g/mol. The van der Waals surface area contributed by atoms with Gasteiger partial charge in [0.25, 0.3) is 5.91 Å². The van der Waals surface area contributed by atoms with Crippen LogP contribution in [0.1, 0.15) is 18.4 Å². The molecule has 1 amide bonds. The summed E-state index contributed by atoms with van der Waals surface area (Å²) in [5.41, 5.74) is 2.17. The summed E-state index contributed by atoms with van der Waals surface area (Å²) < 4.78 is 33.7. The largest absolute Gasteiger partial charge is 0.376 e. The number of amides is 1. The summed E-state index contributed by atoms with van der Waals surface area (Å²) in [7, 11) is -0.733. The summed E-state index contributed by atoms with van der Waals surface area (Å²) in [6.07, 6.45) is 4.95. The Kier molecular flexibility index (Phi) is 7.64. The maximum Gasteiger partial charge on any atom is 0.262 e. The van der Waals surface area contributed by atoms with Crippen LogP contribution in [0, 0.1) is 11.3 Å². The number of hydrogen-bond acceptors (Lipinski definition) is 6. The van der Waals surface area contributed by atoms with Gasteiger partial charge in [-0.1, -0.05) is 30.3 Å². The second-order valence-electron chi connectivity index (χ2n) is 8.54. The molecule has 1 fully saturated rings. The molecule has 0 radical (unpaired) electrons. The fraction of sp³-hybridized carbons (Fsp3) is 0.269. The Bertz CT molecular complexity index is 1420. The first-order chi connectivity index (χ1) is 17.3. The van der Waals surface area contributed by atoms with Crippen molar-refractivity contribution < 1.29 is 17.9 Å². The summed E-state index contributed by atoms with van der Waals surface area (Å²) >= 11 is 0. The molecule has 1 N–H and O–H groups in total. The van der Waals surface area contributed by atoms with Gasteiger partial charge in [0.15, 0.2) is 0 Å². The van der Waals surface area contributed by atoms with Crippen molar-refractivity contribution in [3.63, 3.8) is 0 Å². The van der Waals surface area contributed by atoms with Gasteiger partial charge in [-0.3, -0.25) is 4.79 Å². The Morgan fingerprint density at radius 1 is 1.25 bits per heavy atom. The van der Waals surface area contributed by atoms with E-state index in [0.717, 1.165) is 22.8 Å². The monoisotopic (exact) mass is 505 g/mol. The molecule has 1 atom stereocenters. The highest BCUT2D eigenvalue weighted by atomic mass is 32.2. The molecule has 0 aliphatic carbocycles. The Balaban J connectivity index is 1.75. The summed E-state index contributed by atoms with van der Waals surface area (Å²) in [5.74, 6) is -0.504. The number of benzene rings is 2. The maximum absolute atomic E-state index is 12.8. The fourth-order valence-electron chi connectivity index (χ4n) is 3.86. The van der Waals surface area contributed by atoms with Gasteiger partial charge in [0.05, 0.1) is 16.7 Å². The molecule has 36 heavy (non-hydrogen) atoms. The average Bonchev–Trinajstić information content (AvgIpc) is 3.56. The van der Waals surface area contributed by atoms with E-state index in [9.17, 15) is 18.5 Å². The third-order valence-electron chi connectivity index (χ3n) is 5.83. The number of nitrogens with zero attached hydrogens (tertiary/aromatic N) is 4. The summed E-state index contributed by atoms with van der Waals surface area (Å²) in [6, 6.07) is 17.8. The van der Waals surface area contributed by atoms with E-state index in [2.05, 4.69) is 10.4 Å². The van der Waals surface area contributed by atoms with Crippen LogP contribution in [0.3, 0.4) is 0 Å². The number of rotatable bonds is 8. The van der Waals surface area contributed by atoms with E-state index >= 15 is 0 Å². The number of carbonyl (C=O) groups excluding carboxylic acids is 1. The topological polar surface area (TPSA) is 117 Å². The highest BCUT2D eigenvalue weighted by molar-refractivity contribution is 7.89. The minimum absolute atomic E-state index is 0.0494. The lowest BCUT2D eigenvalue weighted by molar-refractivity contribution is -0.117. The number of sulfonamides is 1. The van der Waals surface area contributed by atoms with Gasteiger partial charge in [0.2, 0.25) is 10.0 Å². The quantitative estimate of drug-likeness (QED) is 0.372. The lowest BCUT2D eigenvalue weighted by Crippen LogP contribution is -2.32. The molecule has 10 heteroatoms. The van der Waals surface area contributed by atoms with Gasteiger partial charge in [-0.25, -0.2) is 17.4 Å². The number of aromatic nitrogens is 2. The zero-order valence-corrected chi connectivity index (χ0v) is 20.9. The van der Waals surface area contributed by atoms with E-state index in [1.165, 1.54) is 32.3 Å². The minimum atomic E-state index is -3.67. The van der Waals surface area contributed by atoms with Gasteiger partial charge in [-0.2, -0.15) is 10.4 Å². The molecule has 2 heterocycles. The van der Waals surface area contributed by atoms with Crippen LogP contribution in [0.4, 0.5) is 0 Å². The van der Waals surface area contributed by atoms with Crippen molar-refractivity contribution in [2.75, 3.05) is 27.2 Å². The lowest BCUT2D eigenvalue weighted by atomic mass is 10.1. The van der Waals surface area contributed by atoms with Crippen LogP contribution in [0.2, 0.25) is 0 Å². The summed E-state index contributed by atoms with van der Waals surface area (Å²) in [6.45, 7) is 1.00. The number of carbonyl (C=O) groups is 1. The normalized spacial score (nSPS) is 16.2. The van der Waals surface area contributed by atoms with Gasteiger partial charge in [-0.15, -0.1) is 0 Å². The molecule has 1 aromatic heterocycles. The first-order valence-corrected chi connectivity index (χ1v) is 12.9. The predicted octanol–water partition coefficient (Wildman–Crippen LogP) is 2.99. The molecule has 1 aliphatic heterocycles. The Hall–Kier alpha value is -3.78. The lowest BCUT2D eigenvalue weighted by Gasteiger charge is -2.12. The molecule has 3 aromatic rings. The Morgan fingerprint density at radius 3 is 2.69 bits per heavy atom. The number of ether oxygens (including phenoxy) is 1. The minimum Gasteiger partial charge on any atom is -0.376 e. The van der Waals surface area contributed by atoms with E-state index in [0.29, 0.717) is 30.0 Å². The Morgan fingerprint density at radius 2 is 2.03 bits per heavy atom. The van der Waals surface area contributed by atoms with Gasteiger partial charge < -0.3 is 10.1 Å². The molecular weight excluding hydrogens is 478 g/mol. The zero-order valence-electron chi connectivity index (χ0n) is 20.1. The number of nitriles is 1. The molecule has 2 aromatic carbocycles. The third-order valence-corrected chi connectivity index (χ3v) is 7.64. The van der Waals surface area contributed by atoms with Crippen LogP contribution in [0.5, 0.6) is 0 Å². The number of para-hydroxylation sites is 1. The SMILES string of the molecule is CN(C)S(=O)(=O)c1cccc(-c2nn(-c3ccccc3)cc2/C=C(\C#N)C(=O)NC[C@H]2CCCO2)c1. The van der Waals surface area contributed by atoms with Crippen LogP contribution in [0.25, 0.3) is 23.0 Å². The fourth-order valence-corrected chi connectivity index (χ4v) is 4.80. The van der Waals surface area contributed by atoms with E-state index in [1.54, 1.807) is 23.0 Å². The van der Waals surface area contributed by atoms with Gasteiger partial charge >= 0.3 is 0 Å². The van der Waals surface area contributed by atoms with Crippen LogP contribution >= 0.6 is 0 Å². The molecule has 4 rings (SSSR count). The third kappa shape index (κ3) is 5.54. The van der Waals surface area contributed by atoms with Crippen molar-refractivity contribution in [1.29, 1.82) is 5.26 Å². The van der Waals surface area contributed by atoms with Crippen LogP contribution in [-0.2, 0) is 19.6 Å². The van der Waals surface area contributed by atoms with Gasteiger partial charge in [0, 0.05) is 44.6 Å². The molecule has 186 valence electrons. The smallest absolute Gasteiger partial charge is 0.262 e. The van der Waals surface area contributed by atoms with Crippen molar-refractivity contribution in [2.24, 2.45) is 0 Å². The molecule has 0 spiro atoms. The summed E-state index contributed by atoms with van der Waals surface area (Å²) in [5, 5.41) is 17.2. The second kappa shape index (κ2) is 10.9. The molecular formula is C26H27N5O4S. The standard InChI is InChI=1S/C26H27N5O4S/c1-30(2)36(33,34)24-12-6-8-19(15-24)25-21(18-31(29-25)22-9-4-3-5-10-22)14-20(16-27)26(32)28-17-23-11-7-13-35-23/h3-6,8-10,12,14-15,18,23H,7,11,13,17H2,1-2H3,(H,28,32)/b20-14+/t23-/m1/s1. The first-order valence-electron chi connectivity index (χ1n) is 11.5. The van der Waals surface area contributed by atoms with Crippen molar-refractivity contribution >= 4 is 22.0 Å². The van der Waals surface area contributed by atoms with E-state index in [4.69, 9.17) is 4.74 Å². The zero-order chi connectivity index (χ0) is 25.7. The van der Waals surface area contributed by atoms with Crippen LogP contribution < -0.4 is 5.32 Å². The van der Waals surface area contributed by atoms with E-state index < -0.39 is 15.9 Å². The van der Waals surface area contributed by atoms with Crippen molar-refractivity contribution in [2.45, 2.75) is 23.8 Å². The van der Waals surface area contributed by atoms with Gasteiger partial charge in [0.1, 0.15) is 17.3 Å². The van der Waals surface area contributed by atoms with Crippen LogP contribution in [-0.4, -0.2) is 61.8 Å². The molecule has 0 saturated carbocycles. The summed E-state index contributed by atoms with van der Waals surface area (Å²) in [4.78, 5) is 12.9. The molecule has 9 nitrogen and oxygen atoms in total. The Labute approximate surface area is 210 Å². The van der Waals surface area contributed by atoms with Crippen LogP contribution in [0.15, 0.2) is 71.3 Å². The highest BCUT2D eigenvalue weighted by Crippen LogP contribution is 2.28. The highest BCUT2D eigenvalue weighted by Gasteiger charge is 2.21. The van der Waals surface area contributed by atoms with E-state index in [1.807, 2.05) is 36.4 Å². The van der Waals surface area contributed by atoms with Crippen molar-refractivity contribution in [3.8, 4) is 23.0 Å². The number of nitrogens with one attached hydrogen (secondary N) is 1. The molecule has 1 aliphatic rings. The van der Waals surface area contributed by atoms with Crippen molar-refractivity contribution in [3.05, 3.63) is 71.9 Å². The first kappa shape index (κ1) is 25.3. The van der Waals surface area contributed by atoms with E-state index in [-0.39, 0.29) is 16.6 Å². The molecule has 0 unspecified atom stereocenters. The molecule has 1 saturated heterocycles.